The number of rotatable bonds is 5. The van der Waals surface area contributed by atoms with Gasteiger partial charge >= 0.3 is 5.97 Å². The smallest absolute Gasteiger partial charge is 0.308 e. The molecule has 0 amide bonds. The molecule has 6 nitrogen and oxygen atoms in total. The van der Waals surface area contributed by atoms with Gasteiger partial charge in [0.05, 0.1) is 37.5 Å². The quantitative estimate of drug-likeness (QED) is 0.545. The third-order valence-electron chi connectivity index (χ3n) is 5.54. The maximum absolute atomic E-state index is 14.9. The van der Waals surface area contributed by atoms with E-state index in [0.29, 0.717) is 28.0 Å². The molecular formula is C25H22F2N2O4. The monoisotopic (exact) mass is 452 g/mol. The van der Waals surface area contributed by atoms with E-state index in [-0.39, 0.29) is 29.9 Å². The van der Waals surface area contributed by atoms with Crippen molar-refractivity contribution in [3.63, 3.8) is 0 Å². The number of fused-ring (bicyclic) bond motifs is 3. The van der Waals surface area contributed by atoms with Gasteiger partial charge in [0.2, 0.25) is 0 Å². The number of aromatic nitrogens is 1. The summed E-state index contributed by atoms with van der Waals surface area (Å²) in [5, 5.41) is 0. The molecule has 0 spiro atoms. The van der Waals surface area contributed by atoms with Crippen LogP contribution in [0.4, 0.5) is 8.78 Å². The van der Waals surface area contributed by atoms with Gasteiger partial charge in [0.15, 0.2) is 0 Å². The summed E-state index contributed by atoms with van der Waals surface area (Å²) in [6.07, 6.45) is 1.44. The van der Waals surface area contributed by atoms with E-state index >= 15 is 0 Å². The Morgan fingerprint density at radius 3 is 2.48 bits per heavy atom. The zero-order chi connectivity index (χ0) is 23.7. The fraction of sp³-hybridized carbons (Fsp3) is 0.240. The molecule has 8 heteroatoms. The average molecular weight is 452 g/mol. The second-order valence-corrected chi connectivity index (χ2v) is 7.60. The number of benzene rings is 2. The molecule has 1 aliphatic heterocycles. The predicted octanol–water partition coefficient (Wildman–Crippen LogP) is 4.18. The van der Waals surface area contributed by atoms with Gasteiger partial charge in [-0.3, -0.25) is 14.6 Å². The number of aryl methyl sites for hydroxylation is 1. The van der Waals surface area contributed by atoms with Crippen molar-refractivity contribution in [3.8, 4) is 16.9 Å². The van der Waals surface area contributed by atoms with Gasteiger partial charge in [0.25, 0.3) is 5.56 Å². The van der Waals surface area contributed by atoms with Gasteiger partial charge in [-0.05, 0) is 48.4 Å². The molecule has 0 radical (unpaired) electrons. The molecule has 0 saturated heterocycles. The van der Waals surface area contributed by atoms with Crippen LogP contribution in [0, 0.1) is 11.6 Å². The Labute approximate surface area is 189 Å². The number of pyridine rings is 1. The van der Waals surface area contributed by atoms with Crippen molar-refractivity contribution < 1.29 is 23.0 Å². The first-order chi connectivity index (χ1) is 15.8. The van der Waals surface area contributed by atoms with E-state index in [1.54, 1.807) is 38.4 Å². The molecule has 1 aromatic heterocycles. The van der Waals surface area contributed by atoms with Crippen LogP contribution in [0.3, 0.4) is 0 Å². The van der Waals surface area contributed by atoms with Crippen molar-refractivity contribution in [1.29, 1.82) is 0 Å². The van der Waals surface area contributed by atoms with Gasteiger partial charge in [-0.15, -0.1) is 0 Å². The van der Waals surface area contributed by atoms with E-state index in [4.69, 9.17) is 9.47 Å². The number of carbonyl (C=O) groups excluding carboxylic acids is 1. The molecule has 0 N–H and O–H groups in total. The van der Waals surface area contributed by atoms with Crippen LogP contribution in [0.1, 0.15) is 36.1 Å². The highest BCUT2D eigenvalue weighted by atomic mass is 19.1. The Morgan fingerprint density at radius 1 is 1.09 bits per heavy atom. The Morgan fingerprint density at radius 2 is 1.82 bits per heavy atom. The van der Waals surface area contributed by atoms with Crippen LogP contribution < -0.4 is 10.3 Å². The maximum Gasteiger partial charge on any atom is 0.308 e. The third kappa shape index (κ3) is 4.16. The molecule has 2 aromatic carbocycles. The van der Waals surface area contributed by atoms with Crippen LogP contribution in [0.15, 0.2) is 58.4 Å². The van der Waals surface area contributed by atoms with Crippen molar-refractivity contribution in [2.24, 2.45) is 12.0 Å². The summed E-state index contributed by atoms with van der Waals surface area (Å²) in [6.45, 7) is 1.85. The SMILES string of the molecule is CCOC(=O)CC1N=C(c2c(F)cccc2F)c2cc(OC)ccc2-c2cn(C)c(=O)cc21. The largest absolute Gasteiger partial charge is 0.497 e. The van der Waals surface area contributed by atoms with E-state index in [1.807, 2.05) is 0 Å². The Kier molecular flexibility index (Phi) is 6.09. The van der Waals surface area contributed by atoms with E-state index in [1.165, 1.54) is 23.8 Å². The summed E-state index contributed by atoms with van der Waals surface area (Å²) in [5.41, 5.74) is 1.54. The van der Waals surface area contributed by atoms with Crippen molar-refractivity contribution in [3.05, 3.63) is 87.3 Å². The minimum Gasteiger partial charge on any atom is -0.497 e. The Balaban J connectivity index is 2.08. The summed E-state index contributed by atoms with van der Waals surface area (Å²) in [5.74, 6) is -1.65. The van der Waals surface area contributed by atoms with Crippen molar-refractivity contribution in [2.75, 3.05) is 13.7 Å². The van der Waals surface area contributed by atoms with Crippen molar-refractivity contribution >= 4 is 11.7 Å². The number of aliphatic imine (C=N–C) groups is 1. The van der Waals surface area contributed by atoms with Crippen LogP contribution in [0.5, 0.6) is 5.75 Å². The first kappa shape index (κ1) is 22.4. The second kappa shape index (κ2) is 8.97. The third-order valence-corrected chi connectivity index (χ3v) is 5.54. The second-order valence-electron chi connectivity index (χ2n) is 7.60. The van der Waals surface area contributed by atoms with E-state index in [2.05, 4.69) is 4.99 Å². The number of hydrogen-bond donors (Lipinski definition) is 0. The number of methoxy groups -OCH3 is 1. The number of hydrogen-bond acceptors (Lipinski definition) is 5. The Bertz CT molecular complexity index is 1310. The lowest BCUT2D eigenvalue weighted by Crippen LogP contribution is -2.19. The molecule has 2 heterocycles. The van der Waals surface area contributed by atoms with Crippen molar-refractivity contribution in [1.82, 2.24) is 4.57 Å². The molecule has 3 aromatic rings. The molecule has 1 unspecified atom stereocenters. The predicted molar refractivity (Wildman–Crippen MR) is 120 cm³/mol. The summed E-state index contributed by atoms with van der Waals surface area (Å²) in [4.78, 5) is 29.5. The van der Waals surface area contributed by atoms with Crippen LogP contribution >= 0.6 is 0 Å². The summed E-state index contributed by atoms with van der Waals surface area (Å²) in [6, 6.07) is 9.18. The molecule has 0 saturated carbocycles. The number of halogens is 2. The van der Waals surface area contributed by atoms with Gasteiger partial charge < -0.3 is 14.0 Å². The van der Waals surface area contributed by atoms with Gasteiger partial charge in [-0.1, -0.05) is 6.07 Å². The van der Waals surface area contributed by atoms with Gasteiger partial charge in [-0.2, -0.15) is 0 Å². The minimum absolute atomic E-state index is 0.0279. The van der Waals surface area contributed by atoms with E-state index < -0.39 is 23.6 Å². The molecule has 33 heavy (non-hydrogen) atoms. The number of nitrogens with zero attached hydrogens (tertiary/aromatic N) is 2. The zero-order valence-corrected chi connectivity index (χ0v) is 18.4. The standard InChI is InChI=1S/C25H22F2N2O4/c1-4-33-23(31)12-21-16-11-22(30)29(2)13-18(16)15-9-8-14(32-3)10-17(15)25(28-21)24-19(26)6-5-7-20(24)27/h5-11,13,21H,4,12H2,1-3H3. The summed E-state index contributed by atoms with van der Waals surface area (Å²) in [7, 11) is 3.09. The van der Waals surface area contributed by atoms with Gasteiger partial charge in [0, 0.05) is 30.4 Å². The average Bonchev–Trinajstić information content (AvgIpc) is 2.89. The fourth-order valence-corrected chi connectivity index (χ4v) is 3.98. The molecule has 0 bridgehead atoms. The molecule has 1 atom stereocenters. The van der Waals surface area contributed by atoms with Gasteiger partial charge in [-0.25, -0.2) is 8.78 Å². The van der Waals surface area contributed by atoms with Crippen LogP contribution in [0.2, 0.25) is 0 Å². The summed E-state index contributed by atoms with van der Waals surface area (Å²) >= 11 is 0. The minimum atomic E-state index is -0.889. The zero-order valence-electron chi connectivity index (χ0n) is 18.4. The topological polar surface area (TPSA) is 69.9 Å². The lowest BCUT2D eigenvalue weighted by molar-refractivity contribution is -0.143. The number of carbonyl (C=O) groups is 1. The number of ether oxygens (including phenoxy) is 2. The van der Waals surface area contributed by atoms with Crippen LogP contribution in [0.25, 0.3) is 11.1 Å². The van der Waals surface area contributed by atoms with Crippen LogP contribution in [-0.4, -0.2) is 30.0 Å². The molecular weight excluding hydrogens is 430 g/mol. The lowest BCUT2D eigenvalue weighted by atomic mass is 9.91. The lowest BCUT2D eigenvalue weighted by Gasteiger charge is -2.16. The highest BCUT2D eigenvalue weighted by molar-refractivity contribution is 6.17. The maximum atomic E-state index is 14.9. The highest BCUT2D eigenvalue weighted by Crippen LogP contribution is 2.40. The first-order valence-corrected chi connectivity index (χ1v) is 10.4. The van der Waals surface area contributed by atoms with Crippen molar-refractivity contribution in [2.45, 2.75) is 19.4 Å². The molecule has 4 rings (SSSR count). The van der Waals surface area contributed by atoms with E-state index in [0.717, 1.165) is 12.1 Å². The van der Waals surface area contributed by atoms with E-state index in [9.17, 15) is 18.4 Å². The Hall–Kier alpha value is -3.81. The molecule has 170 valence electrons. The summed E-state index contributed by atoms with van der Waals surface area (Å²) < 4.78 is 41.7. The highest BCUT2D eigenvalue weighted by Gasteiger charge is 2.30. The normalized spacial score (nSPS) is 14.6. The van der Waals surface area contributed by atoms with Crippen LogP contribution in [-0.2, 0) is 16.6 Å². The molecule has 1 aliphatic rings. The number of esters is 1. The van der Waals surface area contributed by atoms with Gasteiger partial charge in [0.1, 0.15) is 17.4 Å². The first-order valence-electron chi connectivity index (χ1n) is 10.4. The molecule has 0 fully saturated rings. The fourth-order valence-electron chi connectivity index (χ4n) is 3.98. The molecule has 0 aliphatic carbocycles.